The van der Waals surface area contributed by atoms with Crippen LogP contribution in [0.5, 0.6) is 0 Å². The van der Waals surface area contributed by atoms with E-state index < -0.39 is 0 Å². The minimum absolute atomic E-state index is 0.101. The molecular formula is C11H11N5OS. The highest BCUT2D eigenvalue weighted by molar-refractivity contribution is 7.81. The minimum atomic E-state index is 0.101. The summed E-state index contributed by atoms with van der Waals surface area (Å²) in [7, 11) is 0. The van der Waals surface area contributed by atoms with Gasteiger partial charge >= 0.3 is 0 Å². The highest BCUT2D eigenvalue weighted by Crippen LogP contribution is 2.25. The van der Waals surface area contributed by atoms with Crippen molar-refractivity contribution in [3.63, 3.8) is 0 Å². The Bertz CT molecular complexity index is 571. The highest BCUT2D eigenvalue weighted by atomic mass is 32.1. The van der Waals surface area contributed by atoms with E-state index in [0.29, 0.717) is 13.0 Å². The maximum Gasteiger partial charge on any atom is 0.228 e. The first-order valence-corrected chi connectivity index (χ1v) is 6.07. The van der Waals surface area contributed by atoms with Crippen LogP contribution in [0.4, 0.5) is 5.69 Å². The van der Waals surface area contributed by atoms with Crippen molar-refractivity contribution in [2.45, 2.75) is 11.7 Å². The predicted molar refractivity (Wildman–Crippen MR) is 68.9 cm³/mol. The van der Waals surface area contributed by atoms with Crippen LogP contribution in [0.1, 0.15) is 6.42 Å². The molecule has 1 aromatic heterocycles. The summed E-state index contributed by atoms with van der Waals surface area (Å²) < 4.78 is 1.56. The number of benzene rings is 1. The quantitative estimate of drug-likeness (QED) is 0.808. The van der Waals surface area contributed by atoms with Crippen LogP contribution in [0.3, 0.4) is 0 Å². The molecule has 18 heavy (non-hydrogen) atoms. The van der Waals surface area contributed by atoms with E-state index in [1.54, 1.807) is 9.58 Å². The Hall–Kier alpha value is -1.89. The Morgan fingerprint density at radius 3 is 2.83 bits per heavy atom. The molecule has 92 valence electrons. The number of tetrazole rings is 1. The number of hydrogen-bond donors (Lipinski definition) is 1. The van der Waals surface area contributed by atoms with E-state index in [9.17, 15) is 4.79 Å². The fourth-order valence-electron chi connectivity index (χ4n) is 2.02. The summed E-state index contributed by atoms with van der Waals surface area (Å²) in [5.41, 5.74) is 1.68. The van der Waals surface area contributed by atoms with Gasteiger partial charge in [-0.3, -0.25) is 4.79 Å². The van der Waals surface area contributed by atoms with Gasteiger partial charge in [-0.2, -0.15) is 12.6 Å². The lowest BCUT2D eigenvalue weighted by Crippen LogP contribution is -2.24. The van der Waals surface area contributed by atoms with Crippen molar-refractivity contribution in [1.29, 1.82) is 0 Å². The molecule has 0 N–H and O–H groups in total. The molecule has 1 saturated heterocycles. The number of rotatable bonds is 2. The van der Waals surface area contributed by atoms with E-state index in [1.807, 2.05) is 24.3 Å². The Morgan fingerprint density at radius 1 is 1.33 bits per heavy atom. The summed E-state index contributed by atoms with van der Waals surface area (Å²) in [6.45, 7) is 0.640. The van der Waals surface area contributed by atoms with E-state index >= 15 is 0 Å². The average Bonchev–Trinajstić information content (AvgIpc) is 2.99. The highest BCUT2D eigenvalue weighted by Gasteiger charge is 2.28. The first-order valence-electron chi connectivity index (χ1n) is 5.56. The molecule has 2 aromatic rings. The predicted octanol–water partition coefficient (Wildman–Crippen LogP) is 0.697. The lowest BCUT2D eigenvalue weighted by Gasteiger charge is -2.16. The summed E-state index contributed by atoms with van der Waals surface area (Å²) in [5, 5.41) is 11.1. The monoisotopic (exact) mass is 261 g/mol. The first kappa shape index (κ1) is 11.2. The average molecular weight is 261 g/mol. The van der Waals surface area contributed by atoms with Crippen molar-refractivity contribution in [3.8, 4) is 5.69 Å². The fraction of sp³-hybridized carbons (Fsp3) is 0.273. The SMILES string of the molecule is O=C1CC(S)CN1c1cccc(-n2cnnn2)c1. The van der Waals surface area contributed by atoms with Crippen molar-refractivity contribution >= 4 is 24.2 Å². The van der Waals surface area contributed by atoms with E-state index in [-0.39, 0.29) is 11.2 Å². The molecule has 1 aliphatic heterocycles. The fourth-order valence-corrected chi connectivity index (χ4v) is 2.34. The second-order valence-corrected chi connectivity index (χ2v) is 4.87. The first-order chi connectivity index (χ1) is 8.74. The lowest BCUT2D eigenvalue weighted by molar-refractivity contribution is -0.117. The third-order valence-electron chi connectivity index (χ3n) is 2.86. The largest absolute Gasteiger partial charge is 0.311 e. The van der Waals surface area contributed by atoms with E-state index in [4.69, 9.17) is 0 Å². The molecule has 0 saturated carbocycles. The summed E-state index contributed by atoms with van der Waals surface area (Å²) in [6.07, 6.45) is 2.00. The molecule has 7 heteroatoms. The maximum atomic E-state index is 11.8. The summed E-state index contributed by atoms with van der Waals surface area (Å²) in [4.78, 5) is 13.6. The number of nitrogens with zero attached hydrogens (tertiary/aromatic N) is 5. The van der Waals surface area contributed by atoms with Crippen molar-refractivity contribution in [3.05, 3.63) is 30.6 Å². The van der Waals surface area contributed by atoms with Gasteiger partial charge in [0.1, 0.15) is 6.33 Å². The molecule has 1 fully saturated rings. The molecule has 1 unspecified atom stereocenters. The molecule has 1 aliphatic rings. The molecule has 6 nitrogen and oxygen atoms in total. The van der Waals surface area contributed by atoms with Crippen LogP contribution in [0.15, 0.2) is 30.6 Å². The van der Waals surface area contributed by atoms with Crippen LogP contribution in [0, 0.1) is 0 Å². The number of amides is 1. The minimum Gasteiger partial charge on any atom is -0.311 e. The van der Waals surface area contributed by atoms with Crippen molar-refractivity contribution in [1.82, 2.24) is 20.2 Å². The van der Waals surface area contributed by atoms with Crippen LogP contribution >= 0.6 is 12.6 Å². The van der Waals surface area contributed by atoms with Gasteiger partial charge in [-0.25, -0.2) is 4.68 Å². The molecule has 0 radical (unpaired) electrons. The molecule has 0 aliphatic carbocycles. The zero-order valence-electron chi connectivity index (χ0n) is 9.47. The molecular weight excluding hydrogens is 250 g/mol. The normalized spacial score (nSPS) is 19.5. The molecule has 2 heterocycles. The van der Waals surface area contributed by atoms with E-state index in [1.165, 1.54) is 6.33 Å². The van der Waals surface area contributed by atoms with E-state index in [2.05, 4.69) is 28.2 Å². The van der Waals surface area contributed by atoms with Crippen LogP contribution < -0.4 is 4.90 Å². The molecule has 1 atom stereocenters. The van der Waals surface area contributed by atoms with Gasteiger partial charge in [-0.05, 0) is 28.6 Å². The Kier molecular flexibility index (Phi) is 2.75. The van der Waals surface area contributed by atoms with Gasteiger partial charge in [-0.15, -0.1) is 5.10 Å². The van der Waals surface area contributed by atoms with Crippen molar-refractivity contribution in [2.24, 2.45) is 0 Å². The zero-order chi connectivity index (χ0) is 12.5. The topological polar surface area (TPSA) is 63.9 Å². The Morgan fingerprint density at radius 2 is 2.17 bits per heavy atom. The molecule has 0 bridgehead atoms. The molecule has 1 aromatic carbocycles. The molecule has 0 spiro atoms. The molecule has 1 amide bonds. The van der Waals surface area contributed by atoms with Crippen molar-refractivity contribution in [2.75, 3.05) is 11.4 Å². The standard InChI is InChI=1S/C11H11N5OS/c17-11-5-10(18)6-15(11)8-2-1-3-9(4-8)16-7-12-13-14-16/h1-4,7,10,18H,5-6H2. The van der Waals surface area contributed by atoms with Gasteiger partial charge < -0.3 is 4.90 Å². The van der Waals surface area contributed by atoms with Crippen molar-refractivity contribution < 1.29 is 4.79 Å². The number of thiol groups is 1. The van der Waals surface area contributed by atoms with Crippen LogP contribution in [0.25, 0.3) is 5.69 Å². The Labute approximate surface area is 109 Å². The number of hydrogen-bond acceptors (Lipinski definition) is 5. The van der Waals surface area contributed by atoms with Gasteiger partial charge in [0.25, 0.3) is 0 Å². The summed E-state index contributed by atoms with van der Waals surface area (Å²) in [6, 6.07) is 7.56. The second kappa shape index (κ2) is 4.41. The Balaban J connectivity index is 1.94. The zero-order valence-corrected chi connectivity index (χ0v) is 10.4. The smallest absolute Gasteiger partial charge is 0.228 e. The van der Waals surface area contributed by atoms with Gasteiger partial charge in [0.15, 0.2) is 0 Å². The summed E-state index contributed by atoms with van der Waals surface area (Å²) in [5.74, 6) is 0.101. The third-order valence-corrected chi connectivity index (χ3v) is 3.21. The van der Waals surface area contributed by atoms with Gasteiger partial charge in [0.2, 0.25) is 5.91 Å². The molecule has 3 rings (SSSR count). The van der Waals surface area contributed by atoms with Gasteiger partial charge in [0.05, 0.1) is 5.69 Å². The second-order valence-electron chi connectivity index (χ2n) is 4.14. The van der Waals surface area contributed by atoms with Gasteiger partial charge in [0, 0.05) is 23.9 Å². The van der Waals surface area contributed by atoms with Crippen LogP contribution in [0.2, 0.25) is 0 Å². The number of carbonyl (C=O) groups excluding carboxylic acids is 1. The van der Waals surface area contributed by atoms with E-state index in [0.717, 1.165) is 11.4 Å². The van der Waals surface area contributed by atoms with Crippen LogP contribution in [-0.4, -0.2) is 37.9 Å². The summed E-state index contributed by atoms with van der Waals surface area (Å²) >= 11 is 4.35. The van der Waals surface area contributed by atoms with Crippen LogP contribution in [-0.2, 0) is 4.79 Å². The number of aromatic nitrogens is 4. The lowest BCUT2D eigenvalue weighted by atomic mass is 10.2. The third kappa shape index (κ3) is 1.97. The number of anilines is 1. The van der Waals surface area contributed by atoms with Gasteiger partial charge in [-0.1, -0.05) is 6.07 Å². The number of carbonyl (C=O) groups is 1. The maximum absolute atomic E-state index is 11.8.